The Kier molecular flexibility index (Phi) is 12.2. The summed E-state index contributed by atoms with van der Waals surface area (Å²) in [5, 5.41) is 3.25. The van der Waals surface area contributed by atoms with E-state index in [1.807, 2.05) is 0 Å². The van der Waals surface area contributed by atoms with E-state index in [0.717, 1.165) is 5.96 Å². The highest BCUT2D eigenvalue weighted by atomic mass is 127. The minimum atomic E-state index is -3.13. The lowest BCUT2D eigenvalue weighted by Crippen LogP contribution is -2.54. The monoisotopic (exact) mass is 505 g/mol. The van der Waals surface area contributed by atoms with Gasteiger partial charge in [-0.2, -0.15) is 0 Å². The summed E-state index contributed by atoms with van der Waals surface area (Å²) in [6.45, 7) is 7.47. The highest BCUT2D eigenvalue weighted by molar-refractivity contribution is 14.0. The normalized spacial score (nSPS) is 15.7. The molecule has 1 N–H and O–H groups in total. The summed E-state index contributed by atoms with van der Waals surface area (Å²) in [6, 6.07) is 0. The van der Waals surface area contributed by atoms with Crippen LogP contribution in [0.2, 0.25) is 0 Å². The first kappa shape index (κ1) is 25.2. The standard InChI is InChI=1S/C15H31N5O4S.HI/c1-5-24-15(21)20-12-10-19(11-13-20)14(16-3)17-8-7-9-18(4)25(22,23)6-2;/h5-13H2,1-4H3,(H,16,17);1H. The molecule has 0 aromatic rings. The molecule has 1 rings (SSSR count). The quantitative estimate of drug-likeness (QED) is 0.236. The summed E-state index contributed by atoms with van der Waals surface area (Å²) in [7, 11) is 0.187. The fraction of sp³-hybridized carbons (Fsp3) is 0.867. The van der Waals surface area contributed by atoms with E-state index < -0.39 is 10.0 Å². The zero-order valence-corrected chi connectivity index (χ0v) is 19.2. The van der Waals surface area contributed by atoms with Crippen LogP contribution in [-0.2, 0) is 14.8 Å². The lowest BCUT2D eigenvalue weighted by molar-refractivity contribution is 0.0914. The van der Waals surface area contributed by atoms with Crippen LogP contribution in [0.5, 0.6) is 0 Å². The first-order chi connectivity index (χ1) is 11.9. The number of amides is 1. The second-order valence-electron chi connectivity index (χ2n) is 5.72. The Morgan fingerprint density at radius 2 is 1.77 bits per heavy atom. The van der Waals surface area contributed by atoms with Gasteiger partial charge in [-0.3, -0.25) is 4.99 Å². The molecule has 0 spiro atoms. The van der Waals surface area contributed by atoms with Crippen LogP contribution in [0.1, 0.15) is 20.3 Å². The largest absolute Gasteiger partial charge is 0.450 e. The molecule has 154 valence electrons. The number of carbonyl (C=O) groups excluding carboxylic acids is 1. The van der Waals surface area contributed by atoms with Crippen molar-refractivity contribution in [2.24, 2.45) is 4.99 Å². The molecule has 1 aliphatic rings. The molecule has 1 aliphatic heterocycles. The number of halogens is 1. The summed E-state index contributed by atoms with van der Waals surface area (Å²) in [5.41, 5.74) is 0. The Morgan fingerprint density at radius 1 is 1.19 bits per heavy atom. The van der Waals surface area contributed by atoms with Gasteiger partial charge < -0.3 is 19.9 Å². The smallest absolute Gasteiger partial charge is 0.409 e. The predicted molar refractivity (Wildman–Crippen MR) is 114 cm³/mol. The van der Waals surface area contributed by atoms with Gasteiger partial charge in [-0.15, -0.1) is 24.0 Å². The molecule has 1 heterocycles. The number of carbonyl (C=O) groups is 1. The minimum Gasteiger partial charge on any atom is -0.450 e. The molecule has 0 aromatic heterocycles. The molecule has 1 amide bonds. The third-order valence-electron chi connectivity index (χ3n) is 4.09. The number of nitrogens with one attached hydrogen (secondary N) is 1. The van der Waals surface area contributed by atoms with Gasteiger partial charge in [-0.05, 0) is 20.3 Å². The van der Waals surface area contributed by atoms with Gasteiger partial charge in [-0.25, -0.2) is 17.5 Å². The number of piperazine rings is 1. The molecule has 1 saturated heterocycles. The molecule has 9 nitrogen and oxygen atoms in total. The Morgan fingerprint density at radius 3 is 2.27 bits per heavy atom. The molecule has 0 saturated carbocycles. The van der Waals surface area contributed by atoms with E-state index in [0.29, 0.717) is 52.3 Å². The van der Waals surface area contributed by atoms with Crippen LogP contribution in [0.4, 0.5) is 4.79 Å². The topological polar surface area (TPSA) is 94.6 Å². The summed E-state index contributed by atoms with van der Waals surface area (Å²) in [4.78, 5) is 19.8. The van der Waals surface area contributed by atoms with Gasteiger partial charge in [0.05, 0.1) is 12.4 Å². The number of guanidine groups is 1. The molecule has 1 fully saturated rings. The third-order valence-corrected chi connectivity index (χ3v) is 5.95. The van der Waals surface area contributed by atoms with Crippen LogP contribution in [0.25, 0.3) is 0 Å². The second kappa shape index (κ2) is 12.5. The average molecular weight is 505 g/mol. The Labute approximate surface area is 174 Å². The van der Waals surface area contributed by atoms with Crippen molar-refractivity contribution < 1.29 is 17.9 Å². The lowest BCUT2D eigenvalue weighted by Gasteiger charge is -2.35. The van der Waals surface area contributed by atoms with E-state index >= 15 is 0 Å². The van der Waals surface area contributed by atoms with E-state index in [4.69, 9.17) is 4.74 Å². The van der Waals surface area contributed by atoms with E-state index in [1.54, 1.807) is 32.8 Å². The lowest BCUT2D eigenvalue weighted by atomic mass is 10.3. The van der Waals surface area contributed by atoms with Crippen LogP contribution in [0.15, 0.2) is 4.99 Å². The van der Waals surface area contributed by atoms with Crippen molar-refractivity contribution >= 4 is 46.1 Å². The van der Waals surface area contributed by atoms with E-state index in [9.17, 15) is 13.2 Å². The van der Waals surface area contributed by atoms with Crippen LogP contribution in [-0.4, -0.2) is 100 Å². The van der Waals surface area contributed by atoms with Crippen molar-refractivity contribution in [1.29, 1.82) is 0 Å². The maximum Gasteiger partial charge on any atom is 0.409 e. The van der Waals surface area contributed by atoms with E-state index in [-0.39, 0.29) is 35.8 Å². The fourth-order valence-corrected chi connectivity index (χ4v) is 3.36. The summed E-state index contributed by atoms with van der Waals surface area (Å²) in [6.07, 6.45) is 0.419. The van der Waals surface area contributed by atoms with Gasteiger partial charge in [-0.1, -0.05) is 0 Å². The van der Waals surface area contributed by atoms with Gasteiger partial charge in [0.2, 0.25) is 10.0 Å². The number of hydrogen-bond acceptors (Lipinski definition) is 5. The Balaban J connectivity index is 0.00000625. The molecule has 26 heavy (non-hydrogen) atoms. The van der Waals surface area contributed by atoms with Gasteiger partial charge in [0, 0.05) is 53.4 Å². The number of sulfonamides is 1. The van der Waals surface area contributed by atoms with Gasteiger partial charge in [0.1, 0.15) is 0 Å². The van der Waals surface area contributed by atoms with Crippen LogP contribution in [0, 0.1) is 0 Å². The number of nitrogens with zero attached hydrogens (tertiary/aromatic N) is 4. The van der Waals surface area contributed by atoms with Crippen molar-refractivity contribution in [2.75, 3.05) is 65.7 Å². The average Bonchev–Trinajstić information content (AvgIpc) is 2.62. The van der Waals surface area contributed by atoms with Crippen molar-refractivity contribution in [1.82, 2.24) is 19.4 Å². The maximum absolute atomic E-state index is 11.7. The van der Waals surface area contributed by atoms with E-state index in [1.165, 1.54) is 4.31 Å². The summed E-state index contributed by atoms with van der Waals surface area (Å²) >= 11 is 0. The number of rotatable bonds is 7. The molecule has 11 heteroatoms. The van der Waals surface area contributed by atoms with Gasteiger partial charge in [0.15, 0.2) is 5.96 Å². The summed E-state index contributed by atoms with van der Waals surface area (Å²) < 4.78 is 29.8. The van der Waals surface area contributed by atoms with E-state index in [2.05, 4.69) is 15.2 Å². The Hall–Kier alpha value is -0.820. The molecule has 0 unspecified atom stereocenters. The minimum absolute atomic E-state index is 0. The first-order valence-electron chi connectivity index (χ1n) is 8.67. The maximum atomic E-state index is 11.7. The molecular weight excluding hydrogens is 473 g/mol. The van der Waals surface area contributed by atoms with Gasteiger partial charge >= 0.3 is 6.09 Å². The van der Waals surface area contributed by atoms with Gasteiger partial charge in [0.25, 0.3) is 0 Å². The van der Waals surface area contributed by atoms with Crippen LogP contribution >= 0.6 is 24.0 Å². The molecule has 0 bridgehead atoms. The summed E-state index contributed by atoms with van der Waals surface area (Å²) in [5.74, 6) is 0.882. The molecule has 0 atom stereocenters. The number of hydrogen-bond donors (Lipinski definition) is 1. The first-order valence-corrected chi connectivity index (χ1v) is 10.3. The SMILES string of the molecule is CCOC(=O)N1CCN(C(=NC)NCCCN(C)S(=O)(=O)CC)CC1.I. The zero-order chi connectivity index (χ0) is 18.9. The molecule has 0 aromatic carbocycles. The highest BCUT2D eigenvalue weighted by Crippen LogP contribution is 2.04. The Bertz CT molecular complexity index is 550. The van der Waals surface area contributed by atoms with Crippen molar-refractivity contribution in [2.45, 2.75) is 20.3 Å². The van der Waals surface area contributed by atoms with Crippen LogP contribution < -0.4 is 5.32 Å². The van der Waals surface area contributed by atoms with Crippen LogP contribution in [0.3, 0.4) is 0 Å². The molecular formula is C15H32IN5O4S. The highest BCUT2D eigenvalue weighted by Gasteiger charge is 2.23. The zero-order valence-electron chi connectivity index (χ0n) is 16.1. The molecule has 0 aliphatic carbocycles. The number of ether oxygens (including phenoxy) is 1. The van der Waals surface area contributed by atoms with Crippen molar-refractivity contribution in [3.8, 4) is 0 Å². The van der Waals surface area contributed by atoms with Crippen molar-refractivity contribution in [3.05, 3.63) is 0 Å². The van der Waals surface area contributed by atoms with Crippen molar-refractivity contribution in [3.63, 3.8) is 0 Å². The molecule has 0 radical (unpaired) electrons. The fourth-order valence-electron chi connectivity index (χ4n) is 2.51. The predicted octanol–water partition coefficient (Wildman–Crippen LogP) is 0.626. The second-order valence-corrected chi connectivity index (χ2v) is 8.09. The third kappa shape index (κ3) is 7.82. The number of aliphatic imine (C=N–C) groups is 1.